The first-order valence-corrected chi connectivity index (χ1v) is 7.98. The van der Waals surface area contributed by atoms with Crippen LogP contribution in [0.4, 0.5) is 0 Å². The lowest BCUT2D eigenvalue weighted by atomic mass is 10.0. The Bertz CT molecular complexity index is 187. The highest BCUT2D eigenvalue weighted by Crippen LogP contribution is 2.12. The smallest absolute Gasteiger partial charge is 0.00975 e. The second-order valence-electron chi connectivity index (χ2n) is 4.93. The van der Waals surface area contributed by atoms with Crippen molar-refractivity contribution in [3.8, 4) is 11.2 Å². The van der Waals surface area contributed by atoms with Gasteiger partial charge in [0.15, 0.2) is 0 Å². The molecule has 0 aliphatic heterocycles. The van der Waals surface area contributed by atoms with E-state index in [1.165, 1.54) is 77.0 Å². The van der Waals surface area contributed by atoms with Crippen LogP contribution in [0.1, 0.15) is 90.4 Å². The molecule has 100 valence electrons. The zero-order valence-corrected chi connectivity index (χ0v) is 12.5. The van der Waals surface area contributed by atoms with Crippen LogP contribution in [-0.4, -0.2) is 0 Å². The SMILES string of the molecule is CCCCCCCCCCCCCCC#CS. The van der Waals surface area contributed by atoms with Crippen LogP contribution in [0.15, 0.2) is 0 Å². The summed E-state index contributed by atoms with van der Waals surface area (Å²) in [5.74, 6) is 3.00. The van der Waals surface area contributed by atoms with Gasteiger partial charge in [0.05, 0.1) is 0 Å². The molecule has 17 heavy (non-hydrogen) atoms. The van der Waals surface area contributed by atoms with Crippen molar-refractivity contribution in [3.63, 3.8) is 0 Å². The number of hydrogen-bond donors (Lipinski definition) is 1. The van der Waals surface area contributed by atoms with E-state index in [0.717, 1.165) is 6.42 Å². The molecule has 1 heteroatoms. The largest absolute Gasteiger partial charge is 0.0922 e. The quantitative estimate of drug-likeness (QED) is 0.248. The van der Waals surface area contributed by atoms with Gasteiger partial charge in [0, 0.05) is 6.42 Å². The van der Waals surface area contributed by atoms with Gasteiger partial charge in [-0.25, -0.2) is 0 Å². The van der Waals surface area contributed by atoms with Gasteiger partial charge in [-0.05, 0) is 11.7 Å². The maximum absolute atomic E-state index is 3.87. The molecule has 0 aromatic heterocycles. The lowest BCUT2D eigenvalue weighted by Gasteiger charge is -2.01. The van der Waals surface area contributed by atoms with Crippen molar-refractivity contribution in [2.24, 2.45) is 0 Å². The van der Waals surface area contributed by atoms with Gasteiger partial charge in [0.2, 0.25) is 0 Å². The molecule has 0 aliphatic rings. The molecule has 0 radical (unpaired) electrons. The average molecular weight is 254 g/mol. The Morgan fingerprint density at radius 3 is 1.47 bits per heavy atom. The molecule has 0 heterocycles. The number of thiol groups is 1. The van der Waals surface area contributed by atoms with Crippen molar-refractivity contribution in [2.45, 2.75) is 90.4 Å². The molecule has 0 aromatic carbocycles. The molecule has 0 atom stereocenters. The van der Waals surface area contributed by atoms with Crippen molar-refractivity contribution in [1.29, 1.82) is 0 Å². The Morgan fingerprint density at radius 1 is 0.647 bits per heavy atom. The van der Waals surface area contributed by atoms with Gasteiger partial charge >= 0.3 is 0 Å². The summed E-state index contributed by atoms with van der Waals surface area (Å²) in [5, 5.41) is 2.65. The second-order valence-corrected chi connectivity index (χ2v) is 5.15. The average Bonchev–Trinajstić information content (AvgIpc) is 2.35. The van der Waals surface area contributed by atoms with Crippen molar-refractivity contribution in [1.82, 2.24) is 0 Å². The van der Waals surface area contributed by atoms with E-state index in [0.29, 0.717) is 0 Å². The first kappa shape index (κ1) is 16.9. The van der Waals surface area contributed by atoms with E-state index in [9.17, 15) is 0 Å². The summed E-state index contributed by atoms with van der Waals surface area (Å²) >= 11 is 3.87. The molecule has 0 N–H and O–H groups in total. The van der Waals surface area contributed by atoms with E-state index in [1.807, 2.05) is 0 Å². The molecule has 0 bridgehead atoms. The van der Waals surface area contributed by atoms with Gasteiger partial charge in [-0.3, -0.25) is 0 Å². The van der Waals surface area contributed by atoms with Gasteiger partial charge < -0.3 is 0 Å². The summed E-state index contributed by atoms with van der Waals surface area (Å²) in [4.78, 5) is 0. The molecule has 0 aromatic rings. The predicted octanol–water partition coefficient (Wildman–Crippen LogP) is 5.97. The monoisotopic (exact) mass is 254 g/mol. The molecule has 0 saturated heterocycles. The molecule has 0 spiro atoms. The lowest BCUT2D eigenvalue weighted by Crippen LogP contribution is -1.82. The van der Waals surface area contributed by atoms with E-state index in [4.69, 9.17) is 0 Å². The van der Waals surface area contributed by atoms with Gasteiger partial charge in [-0.2, -0.15) is 0 Å². The number of rotatable bonds is 12. The minimum absolute atomic E-state index is 1.03. The Hall–Kier alpha value is -0.0900. The van der Waals surface area contributed by atoms with Crippen LogP contribution < -0.4 is 0 Å². The van der Waals surface area contributed by atoms with Crippen LogP contribution in [0, 0.1) is 11.2 Å². The maximum Gasteiger partial charge on any atom is 0.00975 e. The second kappa shape index (κ2) is 15.9. The van der Waals surface area contributed by atoms with Crippen LogP contribution >= 0.6 is 12.6 Å². The third kappa shape index (κ3) is 15.9. The molecular weight excluding hydrogens is 224 g/mol. The van der Waals surface area contributed by atoms with Crippen LogP contribution in [-0.2, 0) is 0 Å². The summed E-state index contributed by atoms with van der Waals surface area (Å²) in [6.45, 7) is 2.28. The van der Waals surface area contributed by atoms with Gasteiger partial charge in [-0.15, -0.1) is 0 Å². The summed E-state index contributed by atoms with van der Waals surface area (Å²) in [6, 6.07) is 0. The molecule has 0 unspecified atom stereocenters. The van der Waals surface area contributed by atoms with Crippen molar-refractivity contribution >= 4 is 12.6 Å². The number of unbranched alkanes of at least 4 members (excludes halogenated alkanes) is 12. The number of hydrogen-bond acceptors (Lipinski definition) is 1. The van der Waals surface area contributed by atoms with Gasteiger partial charge in [-0.1, -0.05) is 96.1 Å². The third-order valence-corrected chi connectivity index (χ3v) is 3.39. The minimum atomic E-state index is 1.03. The predicted molar refractivity (Wildman–Crippen MR) is 82.5 cm³/mol. The standard InChI is InChI=1S/C16H30S/c1-2-3-4-5-6-7-8-9-10-11-12-13-14-15-16-17/h17H,2-14H2,1H3. The molecular formula is C16H30S. The van der Waals surface area contributed by atoms with E-state index in [1.54, 1.807) is 0 Å². The lowest BCUT2D eigenvalue weighted by molar-refractivity contribution is 0.545. The highest BCUT2D eigenvalue weighted by Gasteiger charge is 1.92. The van der Waals surface area contributed by atoms with E-state index in [-0.39, 0.29) is 0 Å². The molecule has 0 rings (SSSR count). The fourth-order valence-electron chi connectivity index (χ4n) is 2.11. The molecule has 0 amide bonds. The molecule has 0 saturated carbocycles. The molecule has 0 fully saturated rings. The third-order valence-electron chi connectivity index (χ3n) is 3.23. The van der Waals surface area contributed by atoms with Crippen molar-refractivity contribution < 1.29 is 0 Å². The van der Waals surface area contributed by atoms with E-state index < -0.39 is 0 Å². The van der Waals surface area contributed by atoms with Gasteiger partial charge in [0.1, 0.15) is 0 Å². The summed E-state index contributed by atoms with van der Waals surface area (Å²) in [7, 11) is 0. The maximum atomic E-state index is 3.87. The van der Waals surface area contributed by atoms with E-state index >= 15 is 0 Å². The van der Waals surface area contributed by atoms with Crippen LogP contribution in [0.2, 0.25) is 0 Å². The zero-order chi connectivity index (χ0) is 12.6. The Morgan fingerprint density at radius 2 is 1.06 bits per heavy atom. The Labute approximate surface area is 114 Å². The zero-order valence-electron chi connectivity index (χ0n) is 11.6. The highest BCUT2D eigenvalue weighted by atomic mass is 32.1. The molecule has 0 nitrogen and oxygen atoms in total. The first-order chi connectivity index (χ1) is 8.41. The highest BCUT2D eigenvalue weighted by molar-refractivity contribution is 7.85. The summed E-state index contributed by atoms with van der Waals surface area (Å²) in [6.07, 6.45) is 17.9. The van der Waals surface area contributed by atoms with Crippen molar-refractivity contribution in [2.75, 3.05) is 0 Å². The topological polar surface area (TPSA) is 0 Å². The van der Waals surface area contributed by atoms with E-state index in [2.05, 4.69) is 30.7 Å². The summed E-state index contributed by atoms with van der Waals surface area (Å²) in [5.41, 5.74) is 0. The first-order valence-electron chi connectivity index (χ1n) is 7.53. The molecule has 0 aliphatic carbocycles. The van der Waals surface area contributed by atoms with Crippen molar-refractivity contribution in [3.05, 3.63) is 0 Å². The Kier molecular flexibility index (Phi) is 15.8. The summed E-state index contributed by atoms with van der Waals surface area (Å²) < 4.78 is 0. The van der Waals surface area contributed by atoms with Crippen LogP contribution in [0.25, 0.3) is 0 Å². The van der Waals surface area contributed by atoms with Crippen LogP contribution in [0.5, 0.6) is 0 Å². The fraction of sp³-hybridized carbons (Fsp3) is 0.875. The minimum Gasteiger partial charge on any atom is -0.0922 e. The van der Waals surface area contributed by atoms with Crippen LogP contribution in [0.3, 0.4) is 0 Å². The fourth-order valence-corrected chi connectivity index (χ4v) is 2.22. The normalized spacial score (nSPS) is 10.0. The van der Waals surface area contributed by atoms with Gasteiger partial charge in [0.25, 0.3) is 0 Å². The Balaban J connectivity index is 2.91.